The zero-order chi connectivity index (χ0) is 9.40. The zero-order valence-corrected chi connectivity index (χ0v) is 7.43. The molecule has 0 heterocycles. The van der Waals surface area contributed by atoms with Crippen molar-refractivity contribution >= 4 is 23.3 Å². The van der Waals surface area contributed by atoms with Crippen LogP contribution in [0.3, 0.4) is 0 Å². The second kappa shape index (κ2) is 6.40. The van der Waals surface area contributed by atoms with E-state index in [1.807, 2.05) is 5.16 Å². The number of hydrogen-bond acceptors (Lipinski definition) is 2. The van der Waals surface area contributed by atoms with Crippen molar-refractivity contribution < 1.29 is 4.79 Å². The summed E-state index contributed by atoms with van der Waals surface area (Å²) < 4.78 is 0. The third-order valence-corrected chi connectivity index (χ3v) is 1.11. The van der Waals surface area contributed by atoms with Gasteiger partial charge in [-0.25, -0.2) is 0 Å². The van der Waals surface area contributed by atoms with Crippen LogP contribution >= 0.6 is 12.2 Å². The Bertz CT molecular complexity index is 272. The van der Waals surface area contributed by atoms with Crippen molar-refractivity contribution in [2.75, 3.05) is 0 Å². The van der Waals surface area contributed by atoms with E-state index in [1.54, 1.807) is 18.2 Å². The van der Waals surface area contributed by atoms with Gasteiger partial charge < -0.3 is 0 Å². The summed E-state index contributed by atoms with van der Waals surface area (Å²) in [6, 6.07) is 0. The van der Waals surface area contributed by atoms with Crippen LogP contribution in [-0.2, 0) is 4.79 Å². The fraction of sp³-hybridized carbons (Fsp3) is 0.111. The molecule has 0 radical (unpaired) electrons. The van der Waals surface area contributed by atoms with Gasteiger partial charge in [-0.05, 0) is 17.8 Å². The molecule has 0 aliphatic heterocycles. The summed E-state index contributed by atoms with van der Waals surface area (Å²) in [5.74, 6) is -0.330. The molecule has 0 aliphatic carbocycles. The van der Waals surface area contributed by atoms with E-state index in [4.69, 9.17) is 0 Å². The van der Waals surface area contributed by atoms with Crippen molar-refractivity contribution in [3.63, 3.8) is 0 Å². The minimum atomic E-state index is -0.330. The molecule has 2 nitrogen and oxygen atoms in total. The average Bonchev–Trinajstić information content (AvgIpc) is 2.01. The Kier molecular flexibility index (Phi) is 5.70. The number of carbonyl (C=O) groups is 1. The SMILES string of the molecule is C=C/C=C\C(=C)CC(=O)N=C=S. The molecule has 0 bridgehead atoms. The number of allylic oxidation sites excluding steroid dienone is 3. The number of nitrogens with zero attached hydrogens (tertiary/aromatic N) is 1. The van der Waals surface area contributed by atoms with Gasteiger partial charge in [0.05, 0.1) is 11.6 Å². The minimum absolute atomic E-state index is 0.175. The van der Waals surface area contributed by atoms with Crippen LogP contribution < -0.4 is 0 Å². The summed E-state index contributed by atoms with van der Waals surface area (Å²) in [5, 5.41) is 2.00. The van der Waals surface area contributed by atoms with Crippen LogP contribution in [-0.4, -0.2) is 11.1 Å². The van der Waals surface area contributed by atoms with E-state index in [2.05, 4.69) is 30.4 Å². The summed E-state index contributed by atoms with van der Waals surface area (Å²) in [6.07, 6.45) is 5.19. The van der Waals surface area contributed by atoms with Gasteiger partial charge in [0.25, 0.3) is 5.91 Å². The highest BCUT2D eigenvalue weighted by atomic mass is 32.1. The van der Waals surface area contributed by atoms with Gasteiger partial charge in [0.1, 0.15) is 0 Å². The maximum absolute atomic E-state index is 10.8. The normalized spacial score (nSPS) is 9.00. The van der Waals surface area contributed by atoms with Gasteiger partial charge in [-0.3, -0.25) is 4.79 Å². The molecule has 0 N–H and O–H groups in total. The van der Waals surface area contributed by atoms with E-state index in [0.29, 0.717) is 5.57 Å². The Morgan fingerprint density at radius 2 is 2.33 bits per heavy atom. The fourth-order valence-electron chi connectivity index (χ4n) is 0.548. The van der Waals surface area contributed by atoms with E-state index >= 15 is 0 Å². The van der Waals surface area contributed by atoms with Crippen LogP contribution in [0.15, 0.2) is 42.0 Å². The molecule has 0 spiro atoms. The molecule has 1 amide bonds. The van der Waals surface area contributed by atoms with Crippen molar-refractivity contribution in [1.82, 2.24) is 0 Å². The van der Waals surface area contributed by atoms with Gasteiger partial charge in [0, 0.05) is 0 Å². The molecule has 0 unspecified atom stereocenters. The summed E-state index contributed by atoms with van der Waals surface area (Å²) in [4.78, 5) is 14.1. The predicted octanol–water partition coefficient (Wildman–Crippen LogP) is 2.30. The van der Waals surface area contributed by atoms with Crippen LogP contribution in [0.1, 0.15) is 6.42 Å². The second-order valence-corrected chi connectivity index (χ2v) is 2.21. The van der Waals surface area contributed by atoms with E-state index in [-0.39, 0.29) is 12.3 Å². The summed E-state index contributed by atoms with van der Waals surface area (Å²) >= 11 is 4.27. The smallest absolute Gasteiger partial charge is 0.258 e. The molecule has 0 saturated carbocycles. The predicted molar refractivity (Wildman–Crippen MR) is 53.1 cm³/mol. The summed E-state index contributed by atoms with van der Waals surface area (Å²) in [6.45, 7) is 7.12. The molecule has 0 aliphatic rings. The number of hydrogen-bond donors (Lipinski definition) is 0. The molecule has 0 atom stereocenters. The Hall–Kier alpha value is -1.31. The van der Waals surface area contributed by atoms with Crippen LogP contribution in [0.5, 0.6) is 0 Å². The quantitative estimate of drug-likeness (QED) is 0.376. The monoisotopic (exact) mass is 179 g/mol. The van der Waals surface area contributed by atoms with Crippen LogP contribution in [0.2, 0.25) is 0 Å². The largest absolute Gasteiger partial charge is 0.271 e. The maximum atomic E-state index is 10.8. The van der Waals surface area contributed by atoms with E-state index in [0.717, 1.165) is 0 Å². The maximum Gasteiger partial charge on any atom is 0.258 e. The second-order valence-electron chi connectivity index (χ2n) is 2.03. The molecule has 0 fully saturated rings. The molecule has 0 rings (SSSR count). The molecule has 0 saturated heterocycles. The molecule has 12 heavy (non-hydrogen) atoms. The highest BCUT2D eigenvalue weighted by Gasteiger charge is 1.97. The van der Waals surface area contributed by atoms with Gasteiger partial charge in [-0.15, -0.1) is 0 Å². The number of amides is 1. The topological polar surface area (TPSA) is 29.4 Å². The Morgan fingerprint density at radius 3 is 2.83 bits per heavy atom. The molecule has 3 heteroatoms. The van der Waals surface area contributed by atoms with Crippen molar-refractivity contribution in [3.8, 4) is 0 Å². The van der Waals surface area contributed by atoms with Gasteiger partial charge in [-0.1, -0.05) is 31.4 Å². The van der Waals surface area contributed by atoms with Crippen molar-refractivity contribution in [1.29, 1.82) is 0 Å². The van der Waals surface area contributed by atoms with Crippen LogP contribution in [0.4, 0.5) is 0 Å². The first-order valence-corrected chi connectivity index (χ1v) is 3.69. The molecule has 0 aromatic carbocycles. The first-order valence-electron chi connectivity index (χ1n) is 3.28. The Balaban J connectivity index is 4.01. The minimum Gasteiger partial charge on any atom is -0.271 e. The van der Waals surface area contributed by atoms with Crippen molar-refractivity contribution in [2.24, 2.45) is 4.99 Å². The van der Waals surface area contributed by atoms with Gasteiger partial charge in [-0.2, -0.15) is 4.99 Å². The van der Waals surface area contributed by atoms with Gasteiger partial charge in [0.15, 0.2) is 0 Å². The summed E-state index contributed by atoms with van der Waals surface area (Å²) in [7, 11) is 0. The van der Waals surface area contributed by atoms with Crippen LogP contribution in [0, 0.1) is 0 Å². The highest BCUT2D eigenvalue weighted by Crippen LogP contribution is 2.01. The first-order chi connectivity index (χ1) is 5.70. The lowest BCUT2D eigenvalue weighted by atomic mass is 10.2. The molecule has 0 aromatic heterocycles. The number of isothiocyanates is 1. The average molecular weight is 179 g/mol. The molecule has 0 aromatic rings. The zero-order valence-electron chi connectivity index (χ0n) is 6.62. The Labute approximate surface area is 77.0 Å². The number of aliphatic imine (C=N–C) groups is 1. The number of thiocarbonyl (C=S) groups is 1. The fourth-order valence-corrected chi connectivity index (χ4v) is 0.650. The van der Waals surface area contributed by atoms with E-state index < -0.39 is 0 Å². The van der Waals surface area contributed by atoms with Gasteiger partial charge >= 0.3 is 0 Å². The van der Waals surface area contributed by atoms with Crippen molar-refractivity contribution in [3.05, 3.63) is 37.0 Å². The summed E-state index contributed by atoms with van der Waals surface area (Å²) in [5.41, 5.74) is 0.675. The molecule has 62 valence electrons. The highest BCUT2D eigenvalue weighted by molar-refractivity contribution is 7.78. The standard InChI is InChI=1S/C9H9NOS/c1-3-4-5-8(2)6-9(11)10-7-12/h3-5H,1-2,6H2/b5-4-. The first kappa shape index (κ1) is 10.7. The third-order valence-electron chi connectivity index (χ3n) is 1.02. The third kappa shape index (κ3) is 5.47. The van der Waals surface area contributed by atoms with E-state index in [9.17, 15) is 4.79 Å². The number of carbonyl (C=O) groups excluding carboxylic acids is 1. The van der Waals surface area contributed by atoms with Crippen LogP contribution in [0.25, 0.3) is 0 Å². The lowest BCUT2D eigenvalue weighted by Crippen LogP contribution is -1.92. The van der Waals surface area contributed by atoms with E-state index in [1.165, 1.54) is 0 Å². The molecular weight excluding hydrogens is 170 g/mol. The lowest BCUT2D eigenvalue weighted by Gasteiger charge is -1.91. The number of rotatable bonds is 4. The molecular formula is C9H9NOS. The van der Waals surface area contributed by atoms with Crippen molar-refractivity contribution in [2.45, 2.75) is 6.42 Å². The van der Waals surface area contributed by atoms with Gasteiger partial charge in [0.2, 0.25) is 0 Å². The lowest BCUT2D eigenvalue weighted by molar-refractivity contribution is -0.117. The Morgan fingerprint density at radius 1 is 1.67 bits per heavy atom.